The van der Waals surface area contributed by atoms with Gasteiger partial charge in [-0.3, -0.25) is 0 Å². The Kier molecular flexibility index (Phi) is 5.40. The summed E-state index contributed by atoms with van der Waals surface area (Å²) in [7, 11) is 0. The van der Waals surface area contributed by atoms with Gasteiger partial charge in [0.2, 0.25) is 0 Å². The number of aryl methyl sites for hydroxylation is 1. The van der Waals surface area contributed by atoms with E-state index in [0.29, 0.717) is 11.5 Å². The fraction of sp³-hybridized carbons (Fsp3) is 0.125. The molecule has 5 aromatic carbocycles. The molecule has 200 valence electrons. The summed E-state index contributed by atoms with van der Waals surface area (Å²) in [6.07, 6.45) is 5.60. The number of fused-ring (bicyclic) bond motifs is 5. The molecule has 0 saturated carbocycles. The van der Waals surface area contributed by atoms with Gasteiger partial charge < -0.3 is 4.57 Å². The van der Waals surface area contributed by atoms with Crippen molar-refractivity contribution in [2.24, 2.45) is 5.92 Å². The van der Waals surface area contributed by atoms with Crippen molar-refractivity contribution in [3.63, 3.8) is 0 Å². The van der Waals surface area contributed by atoms with Crippen molar-refractivity contribution < 1.29 is 0 Å². The van der Waals surface area contributed by atoms with Crippen LogP contribution in [0.5, 0.6) is 0 Å². The summed E-state index contributed by atoms with van der Waals surface area (Å²) in [5.74, 6) is 0.432. The van der Waals surface area contributed by atoms with E-state index in [-0.39, 0.29) is 0 Å². The lowest BCUT2D eigenvalue weighted by atomic mass is 9.64. The molecule has 0 radical (unpaired) electrons. The first-order valence-electron chi connectivity index (χ1n) is 14.7. The quantitative estimate of drug-likeness (QED) is 0.220. The first kappa shape index (κ1) is 24.6. The number of nitrogens with zero attached hydrogens (tertiary/aromatic N) is 2. The van der Waals surface area contributed by atoms with E-state index in [2.05, 4.69) is 146 Å². The lowest BCUT2D eigenvalue weighted by Crippen LogP contribution is -2.31. The first-order valence-corrected chi connectivity index (χ1v) is 14.7. The fourth-order valence-electron chi connectivity index (χ4n) is 7.49. The van der Waals surface area contributed by atoms with Crippen molar-refractivity contribution in [1.29, 1.82) is 5.26 Å². The highest BCUT2D eigenvalue weighted by molar-refractivity contribution is 6.10. The van der Waals surface area contributed by atoms with Crippen molar-refractivity contribution in [2.45, 2.75) is 25.7 Å². The van der Waals surface area contributed by atoms with Gasteiger partial charge in [0.1, 0.15) is 0 Å². The van der Waals surface area contributed by atoms with Crippen molar-refractivity contribution >= 4 is 27.4 Å². The van der Waals surface area contributed by atoms with Crippen molar-refractivity contribution in [1.82, 2.24) is 4.57 Å². The van der Waals surface area contributed by atoms with Gasteiger partial charge in [-0.25, -0.2) is 0 Å². The maximum absolute atomic E-state index is 9.83. The molecule has 2 atom stereocenters. The van der Waals surface area contributed by atoms with Gasteiger partial charge >= 0.3 is 0 Å². The number of aromatic nitrogens is 1. The topological polar surface area (TPSA) is 28.7 Å². The molecule has 0 aliphatic heterocycles. The zero-order valence-corrected chi connectivity index (χ0v) is 23.8. The largest absolute Gasteiger partial charge is 0.309 e. The molecule has 2 heteroatoms. The predicted molar refractivity (Wildman–Crippen MR) is 173 cm³/mol. The molecule has 2 aliphatic rings. The maximum Gasteiger partial charge on any atom is 0.0991 e. The van der Waals surface area contributed by atoms with Crippen LogP contribution in [0.4, 0.5) is 0 Å². The highest BCUT2D eigenvalue weighted by atomic mass is 15.0. The average Bonchev–Trinajstić information content (AvgIpc) is 3.51. The van der Waals surface area contributed by atoms with E-state index in [4.69, 9.17) is 0 Å². The summed E-state index contributed by atoms with van der Waals surface area (Å²) >= 11 is 0. The average molecular weight is 539 g/mol. The van der Waals surface area contributed by atoms with Crippen LogP contribution in [0.1, 0.15) is 46.7 Å². The smallest absolute Gasteiger partial charge is 0.0991 e. The van der Waals surface area contributed by atoms with Gasteiger partial charge in [-0.2, -0.15) is 5.26 Å². The Morgan fingerprint density at radius 2 is 1.50 bits per heavy atom. The van der Waals surface area contributed by atoms with E-state index in [1.165, 1.54) is 60.8 Å². The van der Waals surface area contributed by atoms with Crippen LogP contribution in [-0.2, 0) is 5.41 Å². The van der Waals surface area contributed by atoms with Crippen LogP contribution in [0, 0.1) is 24.2 Å². The van der Waals surface area contributed by atoms with Gasteiger partial charge in [0, 0.05) is 16.5 Å². The zero-order valence-electron chi connectivity index (χ0n) is 23.8. The van der Waals surface area contributed by atoms with Crippen LogP contribution >= 0.6 is 0 Å². The highest BCUT2D eigenvalue weighted by Crippen LogP contribution is 2.58. The molecular weight excluding hydrogens is 508 g/mol. The number of para-hydroxylation sites is 2. The third-order valence-corrected chi connectivity index (χ3v) is 9.34. The lowest BCUT2D eigenvalue weighted by molar-refractivity contribution is 0.623. The molecular formula is C40H30N2. The molecule has 42 heavy (non-hydrogen) atoms. The Balaban J connectivity index is 1.50. The van der Waals surface area contributed by atoms with E-state index in [1.54, 1.807) is 0 Å². The summed E-state index contributed by atoms with van der Waals surface area (Å²) in [4.78, 5) is 0. The second kappa shape index (κ2) is 9.20. The third-order valence-electron chi connectivity index (χ3n) is 9.34. The minimum Gasteiger partial charge on any atom is -0.309 e. The Morgan fingerprint density at radius 3 is 2.31 bits per heavy atom. The fourth-order valence-corrected chi connectivity index (χ4v) is 7.49. The SMILES string of the molecule is Cc1ccc(C2(c3ccc4c(c3)c3ccccc3n4-c3ccccc3)C3=C(C=CC(C)C3)c3cc(C#N)ccc32)cc1. The molecule has 2 nitrogen and oxygen atoms in total. The zero-order chi connectivity index (χ0) is 28.4. The van der Waals surface area contributed by atoms with E-state index in [0.717, 1.165) is 12.1 Å². The third kappa shape index (κ3) is 3.37. The Labute approximate surface area is 246 Å². The van der Waals surface area contributed by atoms with E-state index in [9.17, 15) is 5.26 Å². The van der Waals surface area contributed by atoms with E-state index < -0.39 is 5.41 Å². The van der Waals surface area contributed by atoms with Crippen LogP contribution in [0.3, 0.4) is 0 Å². The van der Waals surface area contributed by atoms with Crippen LogP contribution in [-0.4, -0.2) is 4.57 Å². The Bertz CT molecular complexity index is 2130. The summed E-state index contributed by atoms with van der Waals surface area (Å²) < 4.78 is 2.38. The maximum atomic E-state index is 9.83. The summed E-state index contributed by atoms with van der Waals surface area (Å²) in [6.45, 7) is 4.46. The number of allylic oxidation sites excluding steroid dienone is 4. The molecule has 2 unspecified atom stereocenters. The molecule has 1 aromatic heterocycles. The highest BCUT2D eigenvalue weighted by Gasteiger charge is 2.48. The second-order valence-electron chi connectivity index (χ2n) is 11.8. The molecule has 8 rings (SSSR count). The van der Waals surface area contributed by atoms with E-state index >= 15 is 0 Å². The summed E-state index contributed by atoms with van der Waals surface area (Å²) in [5.41, 5.74) is 12.8. The van der Waals surface area contributed by atoms with Gasteiger partial charge in [0.05, 0.1) is 28.1 Å². The minimum absolute atomic E-state index is 0.432. The standard InChI is InChI=1S/C40H30N2/c1-26-12-16-29(17-13-26)40(36-20-15-28(25-41)23-34(36)32-19-14-27(2)22-37(32)40)30-18-21-39-35(24-30)33-10-6-7-11-38(33)42(39)31-8-4-3-5-9-31/h3-21,23-24,27H,22H2,1-2H3. The number of nitriles is 1. The van der Waals surface area contributed by atoms with Crippen LogP contribution in [0.15, 0.2) is 133 Å². The monoisotopic (exact) mass is 538 g/mol. The molecule has 1 heterocycles. The molecule has 0 fully saturated rings. The van der Waals surface area contributed by atoms with Crippen LogP contribution < -0.4 is 0 Å². The molecule has 0 spiro atoms. The normalized spacial score (nSPS) is 19.2. The predicted octanol–water partition coefficient (Wildman–Crippen LogP) is 9.66. The van der Waals surface area contributed by atoms with Crippen LogP contribution in [0.2, 0.25) is 0 Å². The van der Waals surface area contributed by atoms with Gasteiger partial charge in [0.25, 0.3) is 0 Å². The van der Waals surface area contributed by atoms with Crippen molar-refractivity contribution in [3.8, 4) is 11.8 Å². The molecule has 0 amide bonds. The summed E-state index contributed by atoms with van der Waals surface area (Å²) in [5, 5.41) is 12.3. The van der Waals surface area contributed by atoms with Gasteiger partial charge in [0.15, 0.2) is 0 Å². The van der Waals surface area contributed by atoms with Crippen molar-refractivity contribution in [2.75, 3.05) is 0 Å². The first-order chi connectivity index (χ1) is 20.6. The van der Waals surface area contributed by atoms with E-state index in [1.807, 2.05) is 6.07 Å². The molecule has 0 saturated heterocycles. The van der Waals surface area contributed by atoms with Crippen LogP contribution in [0.25, 0.3) is 33.1 Å². The number of hydrogen-bond acceptors (Lipinski definition) is 1. The summed E-state index contributed by atoms with van der Waals surface area (Å²) in [6, 6.07) is 44.3. The lowest BCUT2D eigenvalue weighted by Gasteiger charge is -2.37. The number of benzene rings is 5. The number of hydrogen-bond donors (Lipinski definition) is 0. The number of rotatable bonds is 3. The van der Waals surface area contributed by atoms with Gasteiger partial charge in [-0.15, -0.1) is 0 Å². The van der Waals surface area contributed by atoms with Crippen molar-refractivity contribution in [3.05, 3.63) is 166 Å². The van der Waals surface area contributed by atoms with Gasteiger partial charge in [-0.1, -0.05) is 97.4 Å². The second-order valence-corrected chi connectivity index (χ2v) is 11.8. The van der Waals surface area contributed by atoms with Gasteiger partial charge in [-0.05, 0) is 95.1 Å². The molecule has 6 aromatic rings. The molecule has 0 bridgehead atoms. The molecule has 0 N–H and O–H groups in total. The Hall–Kier alpha value is -5.13. The Morgan fingerprint density at radius 1 is 0.762 bits per heavy atom. The minimum atomic E-state index is -0.449. The molecule has 2 aliphatic carbocycles.